The monoisotopic (exact) mass is 548 g/mol. The highest BCUT2D eigenvalue weighted by Gasteiger charge is 2.45. The molecule has 0 spiro atoms. The van der Waals surface area contributed by atoms with E-state index in [-0.39, 0.29) is 28.8 Å². The highest BCUT2D eigenvalue weighted by molar-refractivity contribution is 5.87. The van der Waals surface area contributed by atoms with Crippen molar-refractivity contribution in [3.8, 4) is 45.6 Å². The average Bonchev–Trinajstić information content (AvgIpc) is 3.20. The van der Waals surface area contributed by atoms with Gasteiger partial charge in [-0.1, -0.05) is 6.07 Å². The number of aliphatic hydroxyl groups excluding tert-OH is 2. The first-order valence-corrected chi connectivity index (χ1v) is 12.1. The summed E-state index contributed by atoms with van der Waals surface area (Å²) in [5, 5.41) is 49.3. The smallest absolute Gasteiger partial charge is 0.330 e. The first-order chi connectivity index (χ1) is 19.2. The fraction of sp³-hybridized carbons (Fsp3) is 0.172. The number of esters is 1. The van der Waals surface area contributed by atoms with E-state index in [0.29, 0.717) is 22.5 Å². The van der Waals surface area contributed by atoms with Crippen molar-refractivity contribution in [2.45, 2.75) is 24.6 Å². The molecule has 0 amide bonds. The van der Waals surface area contributed by atoms with Crippen LogP contribution in [0.4, 0.5) is 0 Å². The third kappa shape index (κ3) is 5.76. The number of aliphatic hydroxyl groups is 2. The van der Waals surface area contributed by atoms with E-state index in [9.17, 15) is 35.1 Å². The largest absolute Gasteiger partial charge is 0.508 e. The quantitative estimate of drug-likeness (QED) is 0.130. The van der Waals surface area contributed by atoms with Crippen LogP contribution in [-0.4, -0.2) is 62.7 Å². The van der Waals surface area contributed by atoms with Gasteiger partial charge in [0.15, 0.2) is 16.9 Å². The van der Waals surface area contributed by atoms with Gasteiger partial charge in [-0.25, -0.2) is 4.79 Å². The molecule has 0 bridgehead atoms. The number of aromatic hydroxyl groups is 3. The summed E-state index contributed by atoms with van der Waals surface area (Å²) in [6, 6.07) is 16.1. The maximum absolute atomic E-state index is 12.3. The molecule has 2 aliphatic heterocycles. The number of phenols is 3. The minimum Gasteiger partial charge on any atom is -0.508 e. The maximum atomic E-state index is 12.3. The van der Waals surface area contributed by atoms with Crippen molar-refractivity contribution in [3.63, 3.8) is 0 Å². The van der Waals surface area contributed by atoms with Crippen LogP contribution in [0.2, 0.25) is 0 Å². The maximum Gasteiger partial charge on any atom is 0.330 e. The lowest BCUT2D eigenvalue weighted by atomic mass is 10.1. The summed E-state index contributed by atoms with van der Waals surface area (Å²) in [4.78, 5) is 24.4. The highest BCUT2D eigenvalue weighted by Crippen LogP contribution is 2.36. The Morgan fingerprint density at radius 1 is 0.875 bits per heavy atom. The second-order valence-corrected chi connectivity index (χ2v) is 9.03. The number of ether oxygens (including phenoxy) is 3. The molecule has 2 aromatic carbocycles. The van der Waals surface area contributed by atoms with Gasteiger partial charge in [0, 0.05) is 23.8 Å². The molecule has 2 heterocycles. The van der Waals surface area contributed by atoms with Crippen molar-refractivity contribution in [1.82, 2.24) is 0 Å². The van der Waals surface area contributed by atoms with Crippen LogP contribution in [0.15, 0.2) is 82.0 Å². The van der Waals surface area contributed by atoms with Gasteiger partial charge in [-0.15, -0.1) is 0 Å². The predicted molar refractivity (Wildman–Crippen MR) is 140 cm³/mol. The lowest BCUT2D eigenvalue weighted by Gasteiger charge is -2.19. The molecule has 1 aliphatic carbocycles. The van der Waals surface area contributed by atoms with E-state index < -0.39 is 42.6 Å². The van der Waals surface area contributed by atoms with Gasteiger partial charge in [0.25, 0.3) is 0 Å². The molecule has 5 rings (SSSR count). The van der Waals surface area contributed by atoms with E-state index in [1.165, 1.54) is 48.5 Å². The van der Waals surface area contributed by atoms with Gasteiger partial charge in [0.2, 0.25) is 6.29 Å². The Morgan fingerprint density at radius 2 is 1.65 bits per heavy atom. The molecule has 11 heteroatoms. The molecular formula is C29H24O11. The molecule has 0 unspecified atom stereocenters. The average molecular weight is 549 g/mol. The van der Waals surface area contributed by atoms with Crippen LogP contribution in [0.1, 0.15) is 5.56 Å². The fourth-order valence-corrected chi connectivity index (χ4v) is 4.11. The van der Waals surface area contributed by atoms with Gasteiger partial charge < -0.3 is 44.2 Å². The Balaban J connectivity index is 1.25. The molecule has 0 aromatic heterocycles. The Hall–Kier alpha value is -4.84. The van der Waals surface area contributed by atoms with Crippen LogP contribution < -0.4 is 10.2 Å². The molecule has 5 N–H and O–H groups in total. The van der Waals surface area contributed by atoms with Crippen LogP contribution in [0, 0.1) is 0 Å². The summed E-state index contributed by atoms with van der Waals surface area (Å²) in [6.07, 6.45) is -3.04. The van der Waals surface area contributed by atoms with E-state index in [1.54, 1.807) is 24.3 Å². The summed E-state index contributed by atoms with van der Waals surface area (Å²) in [6.45, 7) is -0.407. The normalized spacial score (nSPS) is 20.6. The lowest BCUT2D eigenvalue weighted by Crippen LogP contribution is -2.36. The zero-order valence-electron chi connectivity index (χ0n) is 20.7. The Kier molecular flexibility index (Phi) is 7.43. The zero-order valence-corrected chi connectivity index (χ0v) is 20.7. The molecule has 1 saturated heterocycles. The molecule has 4 atom stereocenters. The number of fused-ring (bicyclic) bond motifs is 1. The lowest BCUT2D eigenvalue weighted by molar-refractivity contribution is -0.148. The third-order valence-corrected chi connectivity index (χ3v) is 6.21. The van der Waals surface area contributed by atoms with Crippen molar-refractivity contribution in [3.05, 3.63) is 88.6 Å². The second-order valence-electron chi connectivity index (χ2n) is 9.03. The number of rotatable bonds is 7. The standard InChI is InChI=1S/C29H24O11/c30-17-5-3-16(4-6-17)22-9-7-19-23(38-22)12-18(31)13-24(19)39-29-28(36)27(35)25(40-29)14-37-26(34)10-2-15-1-8-20(32)21(33)11-15/h1-13,25,27-30,32-33,35-36H,14H2/t25-,27+,28+,29-/m1/s1. The molecule has 2 aromatic rings. The number of hydrogen-bond donors (Lipinski definition) is 5. The summed E-state index contributed by atoms with van der Waals surface area (Å²) in [5.74, 6) is -0.629. The highest BCUT2D eigenvalue weighted by atomic mass is 16.7. The Morgan fingerprint density at radius 3 is 2.40 bits per heavy atom. The number of carbonyl (C=O) groups excluding carboxylic acids is 1. The van der Waals surface area contributed by atoms with Gasteiger partial charge in [0.05, 0.1) is 5.56 Å². The van der Waals surface area contributed by atoms with E-state index in [0.717, 1.165) is 6.08 Å². The third-order valence-electron chi connectivity index (χ3n) is 6.21. The Bertz CT molecular complexity index is 1570. The predicted octanol–water partition coefficient (Wildman–Crippen LogP) is 2.61. The van der Waals surface area contributed by atoms with Crippen molar-refractivity contribution < 1.29 is 49.0 Å². The van der Waals surface area contributed by atoms with E-state index in [2.05, 4.69) is 0 Å². The van der Waals surface area contributed by atoms with Crippen LogP contribution >= 0.6 is 0 Å². The second kappa shape index (κ2) is 11.1. The summed E-state index contributed by atoms with van der Waals surface area (Å²) < 4.78 is 22.3. The van der Waals surface area contributed by atoms with Gasteiger partial charge >= 0.3 is 5.97 Å². The molecule has 1 fully saturated rings. The van der Waals surface area contributed by atoms with Crippen LogP contribution in [0.5, 0.6) is 23.0 Å². The number of benzene rings is 3. The molecule has 0 saturated carbocycles. The molecule has 40 heavy (non-hydrogen) atoms. The zero-order chi connectivity index (χ0) is 28.4. The first kappa shape index (κ1) is 26.8. The van der Waals surface area contributed by atoms with Crippen LogP contribution in [0.25, 0.3) is 28.7 Å². The van der Waals surface area contributed by atoms with Gasteiger partial charge in [0.1, 0.15) is 47.9 Å². The van der Waals surface area contributed by atoms with Crippen LogP contribution in [-0.2, 0) is 14.3 Å². The topological polar surface area (TPSA) is 176 Å². The molecular weight excluding hydrogens is 524 g/mol. The number of hydrogen-bond acceptors (Lipinski definition) is 11. The minimum absolute atomic E-state index is 0.0532. The van der Waals surface area contributed by atoms with E-state index in [4.69, 9.17) is 18.6 Å². The molecule has 3 aliphatic rings. The van der Waals surface area contributed by atoms with Crippen LogP contribution in [0.3, 0.4) is 0 Å². The summed E-state index contributed by atoms with van der Waals surface area (Å²) in [7, 11) is 0. The van der Waals surface area contributed by atoms with Crippen molar-refractivity contribution in [2.24, 2.45) is 0 Å². The van der Waals surface area contributed by atoms with Gasteiger partial charge in [-0.05, 0) is 60.2 Å². The summed E-state index contributed by atoms with van der Waals surface area (Å²) in [5.41, 5.74) is 1.08. The minimum atomic E-state index is -1.52. The van der Waals surface area contributed by atoms with Crippen molar-refractivity contribution >= 4 is 12.0 Å². The van der Waals surface area contributed by atoms with E-state index in [1.807, 2.05) is 0 Å². The molecule has 0 radical (unpaired) electrons. The fourth-order valence-electron chi connectivity index (χ4n) is 4.11. The SMILES string of the molecule is O=C(C=Cc1ccc(O)c(O)c1)OC[C@H]1O[C@@H](Oc2cc(=O)cc3oc(-c4ccc(O)cc4)ccc2-3)[C@@H](O)[C@H]1O. The summed E-state index contributed by atoms with van der Waals surface area (Å²) >= 11 is 0. The number of phenolic OH excluding ortho intramolecular Hbond substituents is 3. The van der Waals surface area contributed by atoms with E-state index >= 15 is 0 Å². The van der Waals surface area contributed by atoms with Crippen molar-refractivity contribution in [1.29, 1.82) is 0 Å². The Labute approximate surface area is 226 Å². The van der Waals surface area contributed by atoms with Gasteiger partial charge in [-0.2, -0.15) is 0 Å². The van der Waals surface area contributed by atoms with Crippen molar-refractivity contribution in [2.75, 3.05) is 6.61 Å². The molecule has 206 valence electrons. The first-order valence-electron chi connectivity index (χ1n) is 12.1. The number of carbonyl (C=O) groups is 1. The van der Waals surface area contributed by atoms with Gasteiger partial charge in [-0.3, -0.25) is 4.79 Å². The molecule has 11 nitrogen and oxygen atoms in total.